The van der Waals surface area contributed by atoms with Crippen molar-refractivity contribution in [3.63, 3.8) is 0 Å². The Kier molecular flexibility index (Phi) is 3.54. The highest BCUT2D eigenvalue weighted by Crippen LogP contribution is 2.16. The molecule has 0 aromatic heterocycles. The third-order valence-electron chi connectivity index (χ3n) is 2.81. The zero-order valence-corrected chi connectivity index (χ0v) is 9.26. The Bertz CT molecular complexity index is 467. The van der Waals surface area contributed by atoms with Gasteiger partial charge in [0, 0.05) is 12.6 Å². The molecule has 0 bridgehead atoms. The summed E-state index contributed by atoms with van der Waals surface area (Å²) in [7, 11) is 0. The van der Waals surface area contributed by atoms with Crippen molar-refractivity contribution in [3.05, 3.63) is 48.0 Å². The second-order valence-corrected chi connectivity index (χ2v) is 4.16. The fourth-order valence-electron chi connectivity index (χ4n) is 1.94. The van der Waals surface area contributed by atoms with Gasteiger partial charge in [-0.3, -0.25) is 0 Å². The Balaban J connectivity index is 2.19. The van der Waals surface area contributed by atoms with Crippen molar-refractivity contribution >= 4 is 10.8 Å². The van der Waals surface area contributed by atoms with Crippen LogP contribution in [-0.4, -0.2) is 17.8 Å². The van der Waals surface area contributed by atoms with Crippen molar-refractivity contribution in [2.45, 2.75) is 18.9 Å². The normalized spacial score (nSPS) is 12.9. The van der Waals surface area contributed by atoms with Crippen LogP contribution in [0.3, 0.4) is 0 Å². The molecule has 0 aliphatic rings. The van der Waals surface area contributed by atoms with E-state index < -0.39 is 0 Å². The maximum atomic E-state index is 8.81. The maximum absolute atomic E-state index is 8.81. The van der Waals surface area contributed by atoms with Gasteiger partial charge in [-0.2, -0.15) is 0 Å². The molecule has 0 radical (unpaired) electrons. The van der Waals surface area contributed by atoms with Crippen LogP contribution in [-0.2, 0) is 6.42 Å². The molecule has 3 N–H and O–H groups in total. The summed E-state index contributed by atoms with van der Waals surface area (Å²) < 4.78 is 0. The van der Waals surface area contributed by atoms with Gasteiger partial charge in [0.05, 0.1) is 0 Å². The highest BCUT2D eigenvalue weighted by Gasteiger charge is 2.03. The van der Waals surface area contributed by atoms with Crippen molar-refractivity contribution < 1.29 is 5.11 Å². The lowest BCUT2D eigenvalue weighted by molar-refractivity contribution is 0.275. The summed E-state index contributed by atoms with van der Waals surface area (Å²) >= 11 is 0. The average molecular weight is 215 g/mol. The van der Waals surface area contributed by atoms with Gasteiger partial charge in [0.25, 0.3) is 0 Å². The third kappa shape index (κ3) is 2.60. The fourth-order valence-corrected chi connectivity index (χ4v) is 1.94. The largest absolute Gasteiger partial charge is 0.396 e. The molecule has 0 aliphatic carbocycles. The van der Waals surface area contributed by atoms with E-state index in [2.05, 4.69) is 30.3 Å². The minimum absolute atomic E-state index is 0.0474. The Morgan fingerprint density at radius 3 is 2.56 bits per heavy atom. The minimum atomic E-state index is 0.0474. The number of aliphatic hydroxyl groups is 1. The predicted molar refractivity (Wildman–Crippen MR) is 67.3 cm³/mol. The van der Waals surface area contributed by atoms with Crippen LogP contribution in [0, 0.1) is 0 Å². The van der Waals surface area contributed by atoms with E-state index in [1.807, 2.05) is 12.1 Å². The number of rotatable bonds is 4. The van der Waals surface area contributed by atoms with E-state index in [1.54, 1.807) is 0 Å². The summed E-state index contributed by atoms with van der Waals surface area (Å²) in [6, 6.07) is 14.7. The molecule has 0 spiro atoms. The smallest absolute Gasteiger partial charge is 0.0445 e. The molecule has 0 saturated carbocycles. The number of benzene rings is 2. The molecule has 2 nitrogen and oxygen atoms in total. The number of hydrogen-bond donors (Lipinski definition) is 2. The van der Waals surface area contributed by atoms with Gasteiger partial charge in [0.15, 0.2) is 0 Å². The van der Waals surface area contributed by atoms with Gasteiger partial charge in [-0.05, 0) is 29.2 Å². The maximum Gasteiger partial charge on any atom is 0.0445 e. The molecule has 2 rings (SSSR count). The molecule has 1 atom stereocenters. The van der Waals surface area contributed by atoms with Gasteiger partial charge in [-0.25, -0.2) is 0 Å². The first kappa shape index (κ1) is 11.1. The number of aliphatic hydroxyl groups excluding tert-OH is 1. The van der Waals surface area contributed by atoms with E-state index in [0.717, 1.165) is 6.42 Å². The van der Waals surface area contributed by atoms with Crippen LogP contribution < -0.4 is 5.73 Å². The molecule has 0 heterocycles. The monoisotopic (exact) mass is 215 g/mol. The van der Waals surface area contributed by atoms with Gasteiger partial charge in [0.1, 0.15) is 0 Å². The van der Waals surface area contributed by atoms with Crippen LogP contribution in [0.4, 0.5) is 0 Å². The Labute approximate surface area is 95.7 Å². The molecule has 84 valence electrons. The van der Waals surface area contributed by atoms with Crippen LogP contribution in [0.5, 0.6) is 0 Å². The summed E-state index contributed by atoms with van der Waals surface area (Å²) in [5.41, 5.74) is 7.14. The molecule has 16 heavy (non-hydrogen) atoms. The molecule has 2 aromatic carbocycles. The minimum Gasteiger partial charge on any atom is -0.396 e. The van der Waals surface area contributed by atoms with Gasteiger partial charge in [-0.15, -0.1) is 0 Å². The van der Waals surface area contributed by atoms with E-state index >= 15 is 0 Å². The van der Waals surface area contributed by atoms with Gasteiger partial charge in [0.2, 0.25) is 0 Å². The SMILES string of the molecule is N[C@@H](CCO)Cc1ccc2ccccc2c1. The summed E-state index contributed by atoms with van der Waals surface area (Å²) in [5, 5.41) is 11.3. The van der Waals surface area contributed by atoms with E-state index in [9.17, 15) is 0 Å². The zero-order chi connectivity index (χ0) is 11.4. The summed E-state index contributed by atoms with van der Waals surface area (Å²) in [5.74, 6) is 0. The highest BCUT2D eigenvalue weighted by molar-refractivity contribution is 5.82. The lowest BCUT2D eigenvalue weighted by atomic mass is 10.0. The lowest BCUT2D eigenvalue weighted by Gasteiger charge is -2.10. The molecule has 2 heteroatoms. The average Bonchev–Trinajstić information content (AvgIpc) is 2.29. The molecule has 0 aliphatic heterocycles. The number of hydrogen-bond acceptors (Lipinski definition) is 2. The standard InChI is InChI=1S/C14H17NO/c15-14(7-8-16)10-11-5-6-12-3-1-2-4-13(12)9-11/h1-6,9,14,16H,7-8,10,15H2/t14-/m0/s1. The second-order valence-electron chi connectivity index (χ2n) is 4.16. The van der Waals surface area contributed by atoms with E-state index in [4.69, 9.17) is 10.8 Å². The first-order valence-corrected chi connectivity index (χ1v) is 5.63. The number of fused-ring (bicyclic) bond motifs is 1. The Morgan fingerprint density at radius 1 is 1.06 bits per heavy atom. The summed E-state index contributed by atoms with van der Waals surface area (Å²) in [6.45, 7) is 0.161. The zero-order valence-electron chi connectivity index (χ0n) is 9.26. The first-order chi connectivity index (χ1) is 7.79. The molecular weight excluding hydrogens is 198 g/mol. The molecule has 2 aromatic rings. The van der Waals surface area contributed by atoms with Gasteiger partial charge < -0.3 is 10.8 Å². The van der Waals surface area contributed by atoms with Gasteiger partial charge in [-0.1, -0.05) is 42.5 Å². The molecule has 0 saturated heterocycles. The van der Waals surface area contributed by atoms with Crippen LogP contribution >= 0.6 is 0 Å². The highest BCUT2D eigenvalue weighted by atomic mass is 16.3. The quantitative estimate of drug-likeness (QED) is 0.820. The molecular formula is C14H17NO. The van der Waals surface area contributed by atoms with Crippen LogP contribution in [0.25, 0.3) is 10.8 Å². The lowest BCUT2D eigenvalue weighted by Crippen LogP contribution is -2.23. The van der Waals surface area contributed by atoms with Crippen molar-refractivity contribution in [2.75, 3.05) is 6.61 Å². The third-order valence-corrected chi connectivity index (χ3v) is 2.81. The van der Waals surface area contributed by atoms with E-state index in [1.165, 1.54) is 16.3 Å². The Morgan fingerprint density at radius 2 is 1.81 bits per heavy atom. The van der Waals surface area contributed by atoms with Crippen LogP contribution in [0.1, 0.15) is 12.0 Å². The molecule has 0 fully saturated rings. The first-order valence-electron chi connectivity index (χ1n) is 5.63. The van der Waals surface area contributed by atoms with Crippen LogP contribution in [0.15, 0.2) is 42.5 Å². The topological polar surface area (TPSA) is 46.2 Å². The second kappa shape index (κ2) is 5.10. The van der Waals surface area contributed by atoms with Crippen LogP contribution in [0.2, 0.25) is 0 Å². The van der Waals surface area contributed by atoms with E-state index in [-0.39, 0.29) is 12.6 Å². The number of nitrogens with two attached hydrogens (primary N) is 1. The van der Waals surface area contributed by atoms with Crippen molar-refractivity contribution in [1.82, 2.24) is 0 Å². The molecule has 0 unspecified atom stereocenters. The molecule has 0 amide bonds. The summed E-state index contributed by atoms with van der Waals surface area (Å²) in [6.07, 6.45) is 1.48. The predicted octanol–water partition coefficient (Wildman–Crippen LogP) is 2.09. The Hall–Kier alpha value is -1.38. The van der Waals surface area contributed by atoms with Gasteiger partial charge >= 0.3 is 0 Å². The summed E-state index contributed by atoms with van der Waals surface area (Å²) in [4.78, 5) is 0. The van der Waals surface area contributed by atoms with Crippen molar-refractivity contribution in [3.8, 4) is 0 Å². The van der Waals surface area contributed by atoms with E-state index in [0.29, 0.717) is 6.42 Å². The fraction of sp³-hybridized carbons (Fsp3) is 0.286. The van der Waals surface area contributed by atoms with Crippen molar-refractivity contribution in [1.29, 1.82) is 0 Å². The van der Waals surface area contributed by atoms with Crippen molar-refractivity contribution in [2.24, 2.45) is 5.73 Å².